The van der Waals surface area contributed by atoms with Gasteiger partial charge in [-0.05, 0) is 61.4 Å². The normalized spacial score (nSPS) is 10.3. The molecule has 4 rings (SSSR count). The number of ether oxygens (including phenoxy) is 1. The van der Waals surface area contributed by atoms with Gasteiger partial charge >= 0.3 is 0 Å². The predicted molar refractivity (Wildman–Crippen MR) is 122 cm³/mol. The number of fused-ring (bicyclic) bond motifs is 1. The average molecular weight is 422 g/mol. The Balaban J connectivity index is 0.00000124. The number of halogens is 1. The molecular formula is C23H24ClN5O. The number of nitrogens with zero attached hydrogens (tertiary/aromatic N) is 4. The minimum atomic E-state index is 0.396. The maximum atomic E-state index is 6.02. The summed E-state index contributed by atoms with van der Waals surface area (Å²) >= 11 is 6.02. The number of anilines is 2. The summed E-state index contributed by atoms with van der Waals surface area (Å²) in [4.78, 5) is 17.2. The average Bonchev–Trinajstić information content (AvgIpc) is 2.78. The molecule has 7 heteroatoms. The minimum absolute atomic E-state index is 0.396. The molecular weight excluding hydrogens is 398 g/mol. The molecule has 0 aliphatic rings. The third kappa shape index (κ3) is 5.02. The first-order chi connectivity index (χ1) is 14.6. The fourth-order valence-electron chi connectivity index (χ4n) is 2.79. The Hall–Kier alpha value is -3.25. The van der Waals surface area contributed by atoms with E-state index in [9.17, 15) is 0 Å². The van der Waals surface area contributed by atoms with Crippen LogP contribution in [-0.4, -0.2) is 19.9 Å². The molecule has 0 saturated carbocycles. The summed E-state index contributed by atoms with van der Waals surface area (Å²) in [6.45, 7) is 8.06. The van der Waals surface area contributed by atoms with Gasteiger partial charge in [-0.1, -0.05) is 32.4 Å². The van der Waals surface area contributed by atoms with Crippen molar-refractivity contribution in [1.29, 1.82) is 0 Å². The molecule has 0 bridgehead atoms. The molecule has 1 N–H and O–H groups in total. The van der Waals surface area contributed by atoms with E-state index in [0.717, 1.165) is 34.6 Å². The number of rotatable bonds is 5. The minimum Gasteiger partial charge on any atom is -0.455 e. The standard InChI is InChI=1S/C21H18ClN5O.C2H6/c1-3-14-4-6-16(11-23-14)28-18-8-5-15(10-13(18)2)26-21-20-17(24-12-25-21)7-9-19(22)27-20;1-2/h4-12H,3H2,1-2H3,(H,24,25,26);1-2H3. The van der Waals surface area contributed by atoms with E-state index in [1.54, 1.807) is 12.3 Å². The number of hydrogen-bond donors (Lipinski definition) is 1. The Bertz CT molecular complexity index is 1130. The van der Waals surface area contributed by atoms with Gasteiger partial charge in [0.25, 0.3) is 0 Å². The zero-order valence-corrected chi connectivity index (χ0v) is 18.2. The van der Waals surface area contributed by atoms with Crippen molar-refractivity contribution < 1.29 is 4.74 Å². The van der Waals surface area contributed by atoms with Crippen LogP contribution in [0.5, 0.6) is 11.5 Å². The topological polar surface area (TPSA) is 72.8 Å². The molecule has 0 amide bonds. The van der Waals surface area contributed by atoms with Crippen molar-refractivity contribution in [2.45, 2.75) is 34.1 Å². The molecule has 3 heterocycles. The first kappa shape index (κ1) is 21.5. The van der Waals surface area contributed by atoms with E-state index in [4.69, 9.17) is 16.3 Å². The van der Waals surface area contributed by atoms with Crippen molar-refractivity contribution in [2.24, 2.45) is 0 Å². The molecule has 6 nitrogen and oxygen atoms in total. The van der Waals surface area contributed by atoms with Crippen LogP contribution in [0.1, 0.15) is 32.0 Å². The van der Waals surface area contributed by atoms with Gasteiger partial charge in [0.15, 0.2) is 5.82 Å². The Morgan fingerprint density at radius 1 is 1.00 bits per heavy atom. The van der Waals surface area contributed by atoms with Crippen molar-refractivity contribution in [2.75, 3.05) is 5.32 Å². The fraction of sp³-hybridized carbons (Fsp3) is 0.217. The molecule has 0 atom stereocenters. The SMILES string of the molecule is CC.CCc1ccc(Oc2ccc(Nc3ncnc4ccc(Cl)nc34)cc2C)cn1. The maximum absolute atomic E-state index is 6.02. The largest absolute Gasteiger partial charge is 0.455 e. The molecule has 30 heavy (non-hydrogen) atoms. The van der Waals surface area contributed by atoms with Gasteiger partial charge in [-0.25, -0.2) is 15.0 Å². The summed E-state index contributed by atoms with van der Waals surface area (Å²) in [7, 11) is 0. The number of nitrogens with one attached hydrogen (secondary N) is 1. The van der Waals surface area contributed by atoms with Gasteiger partial charge < -0.3 is 10.1 Å². The molecule has 0 unspecified atom stereocenters. The number of aromatic nitrogens is 4. The molecule has 0 fully saturated rings. The van der Waals surface area contributed by atoms with Crippen LogP contribution in [0.2, 0.25) is 5.15 Å². The van der Waals surface area contributed by atoms with Crippen molar-refractivity contribution in [1.82, 2.24) is 19.9 Å². The molecule has 0 spiro atoms. The Morgan fingerprint density at radius 2 is 1.83 bits per heavy atom. The lowest BCUT2D eigenvalue weighted by Gasteiger charge is -2.12. The van der Waals surface area contributed by atoms with E-state index in [-0.39, 0.29) is 0 Å². The van der Waals surface area contributed by atoms with Gasteiger partial charge in [0.1, 0.15) is 28.5 Å². The quantitative estimate of drug-likeness (QED) is 0.370. The molecule has 1 aromatic carbocycles. The Labute approximate surface area is 181 Å². The van der Waals surface area contributed by atoms with Crippen LogP contribution in [0.25, 0.3) is 11.0 Å². The van der Waals surface area contributed by atoms with Gasteiger partial charge in [-0.3, -0.25) is 4.98 Å². The predicted octanol–water partition coefficient (Wildman–Crippen LogP) is 6.51. The number of pyridine rings is 2. The molecule has 0 radical (unpaired) electrons. The monoisotopic (exact) mass is 421 g/mol. The molecule has 4 aromatic rings. The molecule has 0 saturated heterocycles. The molecule has 0 aliphatic carbocycles. The van der Waals surface area contributed by atoms with Gasteiger partial charge in [-0.2, -0.15) is 0 Å². The van der Waals surface area contributed by atoms with E-state index in [2.05, 4.69) is 32.2 Å². The third-order valence-electron chi connectivity index (χ3n) is 4.27. The van der Waals surface area contributed by atoms with Crippen LogP contribution in [0.4, 0.5) is 11.5 Å². The van der Waals surface area contributed by atoms with Crippen LogP contribution in [0.15, 0.2) is 55.0 Å². The van der Waals surface area contributed by atoms with Crippen LogP contribution in [0, 0.1) is 6.92 Å². The summed E-state index contributed by atoms with van der Waals surface area (Å²) in [6.07, 6.45) is 4.14. The lowest BCUT2D eigenvalue weighted by Crippen LogP contribution is -1.98. The van der Waals surface area contributed by atoms with Crippen molar-refractivity contribution in [3.63, 3.8) is 0 Å². The molecule has 0 aliphatic heterocycles. The lowest BCUT2D eigenvalue weighted by molar-refractivity contribution is 0.476. The van der Waals surface area contributed by atoms with Gasteiger partial charge in [0, 0.05) is 11.4 Å². The first-order valence-corrected chi connectivity index (χ1v) is 10.3. The summed E-state index contributed by atoms with van der Waals surface area (Å²) in [6, 6.07) is 13.3. The maximum Gasteiger partial charge on any atom is 0.160 e. The van der Waals surface area contributed by atoms with Crippen LogP contribution < -0.4 is 10.1 Å². The Morgan fingerprint density at radius 3 is 2.53 bits per heavy atom. The van der Waals surface area contributed by atoms with Gasteiger partial charge in [-0.15, -0.1) is 0 Å². The second-order valence-corrected chi connectivity index (χ2v) is 6.66. The van der Waals surface area contributed by atoms with E-state index >= 15 is 0 Å². The molecule has 154 valence electrons. The summed E-state index contributed by atoms with van der Waals surface area (Å²) in [5.74, 6) is 2.08. The van der Waals surface area contributed by atoms with Crippen molar-refractivity contribution in [3.8, 4) is 11.5 Å². The van der Waals surface area contributed by atoms with Gasteiger partial charge in [0.2, 0.25) is 0 Å². The smallest absolute Gasteiger partial charge is 0.160 e. The van der Waals surface area contributed by atoms with Crippen LogP contribution in [-0.2, 0) is 6.42 Å². The number of hydrogen-bond acceptors (Lipinski definition) is 6. The molecule has 3 aromatic heterocycles. The summed E-state index contributed by atoms with van der Waals surface area (Å²) < 4.78 is 5.95. The summed E-state index contributed by atoms with van der Waals surface area (Å²) in [5.41, 5.74) is 4.23. The van der Waals surface area contributed by atoms with Crippen LogP contribution >= 0.6 is 11.6 Å². The first-order valence-electron chi connectivity index (χ1n) is 9.90. The second kappa shape index (κ2) is 9.98. The highest BCUT2D eigenvalue weighted by Gasteiger charge is 2.09. The van der Waals surface area contributed by atoms with Crippen molar-refractivity contribution >= 4 is 34.1 Å². The van der Waals surface area contributed by atoms with Crippen LogP contribution in [0.3, 0.4) is 0 Å². The number of benzene rings is 1. The van der Waals surface area contributed by atoms with E-state index < -0.39 is 0 Å². The van der Waals surface area contributed by atoms with E-state index in [1.165, 1.54) is 6.33 Å². The zero-order chi connectivity index (χ0) is 21.5. The lowest BCUT2D eigenvalue weighted by atomic mass is 10.2. The Kier molecular flexibility index (Phi) is 7.14. The van der Waals surface area contributed by atoms with E-state index in [0.29, 0.717) is 22.2 Å². The number of aryl methyl sites for hydroxylation is 2. The highest BCUT2D eigenvalue weighted by Crippen LogP contribution is 2.29. The fourth-order valence-corrected chi connectivity index (χ4v) is 2.94. The third-order valence-corrected chi connectivity index (χ3v) is 4.48. The highest BCUT2D eigenvalue weighted by atomic mass is 35.5. The zero-order valence-electron chi connectivity index (χ0n) is 17.5. The second-order valence-electron chi connectivity index (χ2n) is 6.27. The summed E-state index contributed by atoms with van der Waals surface area (Å²) in [5, 5.41) is 3.68. The highest BCUT2D eigenvalue weighted by molar-refractivity contribution is 6.29. The van der Waals surface area contributed by atoms with E-state index in [1.807, 2.05) is 57.2 Å². The van der Waals surface area contributed by atoms with Crippen molar-refractivity contribution in [3.05, 3.63) is 71.4 Å². The van der Waals surface area contributed by atoms with Gasteiger partial charge in [0.05, 0.1) is 11.7 Å².